The lowest BCUT2D eigenvalue weighted by atomic mass is 10.1. The smallest absolute Gasteiger partial charge is 0.357 e. The standard InChI is InChI=1S/C22H24ClN5O4S/c1-24(2)7-12-27-17-6-5-15(23)14-16(17)19(20(22(27)30)28(31)32)25-8-10-26(11-9-25)21(29)18-4-3-13-33-18/h3-6,13-14H,7-12H2,1-2H3. The fourth-order valence-corrected chi connectivity index (χ4v) is 4.96. The molecule has 3 heterocycles. The van der Waals surface area contributed by atoms with Gasteiger partial charge in [-0.05, 0) is 43.7 Å². The lowest BCUT2D eigenvalue weighted by Gasteiger charge is -2.36. The normalized spacial score (nSPS) is 14.3. The highest BCUT2D eigenvalue weighted by atomic mass is 35.5. The number of amides is 1. The minimum absolute atomic E-state index is 0.0499. The van der Waals surface area contributed by atoms with E-state index in [1.165, 1.54) is 15.9 Å². The summed E-state index contributed by atoms with van der Waals surface area (Å²) in [5.74, 6) is -0.0499. The molecular formula is C22H24ClN5O4S. The highest BCUT2D eigenvalue weighted by molar-refractivity contribution is 7.12. The van der Waals surface area contributed by atoms with Crippen molar-refractivity contribution in [3.63, 3.8) is 0 Å². The molecule has 1 aliphatic heterocycles. The van der Waals surface area contributed by atoms with Crippen LogP contribution in [0.15, 0.2) is 40.5 Å². The van der Waals surface area contributed by atoms with Gasteiger partial charge in [-0.1, -0.05) is 17.7 Å². The SMILES string of the molecule is CN(C)CCn1c(=O)c([N+](=O)[O-])c(N2CCN(C(=O)c3cccs3)CC2)c2cc(Cl)ccc21. The molecule has 33 heavy (non-hydrogen) atoms. The summed E-state index contributed by atoms with van der Waals surface area (Å²) in [4.78, 5) is 43.6. The maximum absolute atomic E-state index is 13.3. The van der Waals surface area contributed by atoms with E-state index in [0.29, 0.717) is 60.1 Å². The summed E-state index contributed by atoms with van der Waals surface area (Å²) in [6, 6.07) is 8.71. The Hall–Kier alpha value is -2.95. The number of aromatic nitrogens is 1. The van der Waals surface area contributed by atoms with E-state index in [1.807, 2.05) is 35.3 Å². The highest BCUT2D eigenvalue weighted by Gasteiger charge is 2.32. The minimum Gasteiger partial charge on any atom is -0.362 e. The first-order valence-electron chi connectivity index (χ1n) is 10.5. The largest absolute Gasteiger partial charge is 0.362 e. The molecule has 0 N–H and O–H groups in total. The zero-order chi connectivity index (χ0) is 23.7. The molecule has 1 saturated heterocycles. The number of piperazine rings is 1. The van der Waals surface area contributed by atoms with Crippen LogP contribution in [0.1, 0.15) is 9.67 Å². The van der Waals surface area contributed by atoms with Crippen LogP contribution in [0.3, 0.4) is 0 Å². The number of rotatable bonds is 6. The van der Waals surface area contributed by atoms with E-state index in [2.05, 4.69) is 0 Å². The number of carbonyl (C=O) groups is 1. The number of likely N-dealkylation sites (N-methyl/N-ethyl adjacent to an activating group) is 1. The van der Waals surface area contributed by atoms with Gasteiger partial charge in [0, 0.05) is 49.7 Å². The molecule has 0 spiro atoms. The second kappa shape index (κ2) is 9.50. The van der Waals surface area contributed by atoms with Crippen molar-refractivity contribution >= 4 is 51.1 Å². The molecule has 1 aliphatic rings. The third-order valence-corrected chi connectivity index (χ3v) is 6.84. The molecule has 0 saturated carbocycles. The molecule has 0 bridgehead atoms. The maximum Gasteiger partial charge on any atom is 0.357 e. The van der Waals surface area contributed by atoms with E-state index in [4.69, 9.17) is 11.6 Å². The first kappa shape index (κ1) is 23.2. The minimum atomic E-state index is -0.635. The highest BCUT2D eigenvalue weighted by Crippen LogP contribution is 2.35. The Morgan fingerprint density at radius 1 is 1.21 bits per heavy atom. The average Bonchev–Trinajstić information content (AvgIpc) is 3.32. The summed E-state index contributed by atoms with van der Waals surface area (Å²) in [5.41, 5.74) is -0.221. The summed E-state index contributed by atoms with van der Waals surface area (Å²) in [6.07, 6.45) is 0. The van der Waals surface area contributed by atoms with E-state index >= 15 is 0 Å². The predicted octanol–water partition coefficient (Wildman–Crippen LogP) is 3.15. The second-order valence-electron chi connectivity index (χ2n) is 8.13. The summed E-state index contributed by atoms with van der Waals surface area (Å²) in [7, 11) is 3.76. The van der Waals surface area contributed by atoms with Gasteiger partial charge in [0.2, 0.25) is 0 Å². The lowest BCUT2D eigenvalue weighted by molar-refractivity contribution is -0.385. The van der Waals surface area contributed by atoms with Crippen molar-refractivity contribution in [2.75, 3.05) is 51.7 Å². The molecule has 1 aromatic carbocycles. The van der Waals surface area contributed by atoms with Gasteiger partial charge in [-0.3, -0.25) is 19.7 Å². The Balaban J connectivity index is 1.76. The van der Waals surface area contributed by atoms with Crippen LogP contribution in [0, 0.1) is 10.1 Å². The van der Waals surface area contributed by atoms with Gasteiger partial charge < -0.3 is 19.3 Å². The first-order chi connectivity index (χ1) is 15.8. The third-order valence-electron chi connectivity index (χ3n) is 5.75. The van der Waals surface area contributed by atoms with Gasteiger partial charge in [0.05, 0.1) is 15.3 Å². The van der Waals surface area contributed by atoms with Gasteiger partial charge in [-0.25, -0.2) is 0 Å². The third kappa shape index (κ3) is 4.59. The second-order valence-corrected chi connectivity index (χ2v) is 9.52. The Morgan fingerprint density at radius 2 is 1.94 bits per heavy atom. The van der Waals surface area contributed by atoms with E-state index in [0.717, 1.165) is 0 Å². The molecule has 0 aliphatic carbocycles. The molecule has 2 aromatic heterocycles. The monoisotopic (exact) mass is 489 g/mol. The van der Waals surface area contributed by atoms with Gasteiger partial charge in [0.25, 0.3) is 5.91 Å². The fourth-order valence-electron chi connectivity index (χ4n) is 4.10. The molecule has 174 valence electrons. The van der Waals surface area contributed by atoms with Crippen LogP contribution in [0.4, 0.5) is 11.4 Å². The number of hydrogen-bond donors (Lipinski definition) is 0. The van der Waals surface area contributed by atoms with Crippen molar-refractivity contribution in [3.05, 3.63) is 66.1 Å². The summed E-state index contributed by atoms with van der Waals surface area (Å²) >= 11 is 7.65. The van der Waals surface area contributed by atoms with E-state index < -0.39 is 16.2 Å². The number of nitro groups is 1. The molecule has 11 heteroatoms. The van der Waals surface area contributed by atoms with Crippen LogP contribution < -0.4 is 10.5 Å². The average molecular weight is 490 g/mol. The van der Waals surface area contributed by atoms with Crippen LogP contribution in [0.2, 0.25) is 5.02 Å². The molecule has 0 radical (unpaired) electrons. The van der Waals surface area contributed by atoms with Crippen molar-refractivity contribution in [1.29, 1.82) is 0 Å². The molecule has 1 fully saturated rings. The number of nitrogens with zero attached hydrogens (tertiary/aromatic N) is 5. The molecule has 9 nitrogen and oxygen atoms in total. The van der Waals surface area contributed by atoms with Crippen LogP contribution in [-0.2, 0) is 6.54 Å². The van der Waals surface area contributed by atoms with Crippen LogP contribution in [0.25, 0.3) is 10.9 Å². The molecule has 1 amide bonds. The van der Waals surface area contributed by atoms with E-state index in [-0.39, 0.29) is 11.6 Å². The maximum atomic E-state index is 13.3. The van der Waals surface area contributed by atoms with Crippen molar-refractivity contribution in [3.8, 4) is 0 Å². The number of pyridine rings is 1. The molecule has 0 atom stereocenters. The molecule has 4 rings (SSSR count). The van der Waals surface area contributed by atoms with Crippen molar-refractivity contribution < 1.29 is 9.72 Å². The van der Waals surface area contributed by atoms with Crippen LogP contribution in [-0.4, -0.2) is 72.0 Å². The zero-order valence-corrected chi connectivity index (χ0v) is 19.9. The lowest BCUT2D eigenvalue weighted by Crippen LogP contribution is -2.49. The van der Waals surface area contributed by atoms with Gasteiger partial charge in [-0.15, -0.1) is 11.3 Å². The molecule has 0 unspecified atom stereocenters. The number of fused-ring (bicyclic) bond motifs is 1. The predicted molar refractivity (Wildman–Crippen MR) is 131 cm³/mol. The Kier molecular flexibility index (Phi) is 6.68. The summed E-state index contributed by atoms with van der Waals surface area (Å²) < 4.78 is 1.45. The van der Waals surface area contributed by atoms with Gasteiger partial charge in [0.15, 0.2) is 0 Å². The first-order valence-corrected chi connectivity index (χ1v) is 11.8. The van der Waals surface area contributed by atoms with Crippen LogP contribution in [0.5, 0.6) is 0 Å². The number of benzene rings is 1. The quantitative estimate of drug-likeness (QED) is 0.390. The summed E-state index contributed by atoms with van der Waals surface area (Å²) in [6.45, 7) is 2.42. The number of anilines is 1. The Bertz CT molecular complexity index is 1250. The summed E-state index contributed by atoms with van der Waals surface area (Å²) in [5, 5.41) is 14.9. The Labute approximate surface area is 199 Å². The Morgan fingerprint density at radius 3 is 2.55 bits per heavy atom. The van der Waals surface area contributed by atoms with Gasteiger partial charge in [0.1, 0.15) is 5.69 Å². The van der Waals surface area contributed by atoms with E-state index in [9.17, 15) is 19.7 Å². The van der Waals surface area contributed by atoms with Gasteiger partial charge >= 0.3 is 11.2 Å². The topological polar surface area (TPSA) is 91.9 Å². The van der Waals surface area contributed by atoms with Crippen LogP contribution >= 0.6 is 22.9 Å². The fraction of sp³-hybridized carbons (Fsp3) is 0.364. The molecular weight excluding hydrogens is 466 g/mol. The number of halogens is 1. The van der Waals surface area contributed by atoms with Crippen molar-refractivity contribution in [2.45, 2.75) is 6.54 Å². The van der Waals surface area contributed by atoms with Crippen molar-refractivity contribution in [1.82, 2.24) is 14.4 Å². The zero-order valence-electron chi connectivity index (χ0n) is 18.4. The van der Waals surface area contributed by atoms with E-state index in [1.54, 1.807) is 29.2 Å². The number of carbonyl (C=O) groups excluding carboxylic acids is 1. The van der Waals surface area contributed by atoms with Gasteiger partial charge in [-0.2, -0.15) is 0 Å². The number of thiophene rings is 1. The molecule has 3 aromatic rings. The number of hydrogen-bond acceptors (Lipinski definition) is 7. The van der Waals surface area contributed by atoms with Crippen molar-refractivity contribution in [2.24, 2.45) is 0 Å².